The first kappa shape index (κ1) is 12.8. The molecule has 3 aromatic rings. The summed E-state index contributed by atoms with van der Waals surface area (Å²) < 4.78 is 6.19. The molecule has 0 unspecified atom stereocenters. The van der Waals surface area contributed by atoms with Gasteiger partial charge in [0.1, 0.15) is 0 Å². The Balaban J connectivity index is 1.66. The number of hydrogen-bond donors (Lipinski definition) is 0. The monoisotopic (exact) mass is 353 g/mol. The van der Waals surface area contributed by atoms with Crippen LogP contribution in [0.5, 0.6) is 0 Å². The van der Waals surface area contributed by atoms with Crippen molar-refractivity contribution in [3.05, 3.63) is 46.1 Å². The van der Waals surface area contributed by atoms with Gasteiger partial charge in [-0.2, -0.15) is 4.98 Å². The second kappa shape index (κ2) is 5.85. The molecule has 0 fully saturated rings. The van der Waals surface area contributed by atoms with Gasteiger partial charge < -0.3 is 4.52 Å². The van der Waals surface area contributed by atoms with Crippen LogP contribution in [-0.4, -0.2) is 15.1 Å². The maximum Gasteiger partial charge on any atom is 0.268 e. The second-order valence-electron chi connectivity index (χ2n) is 3.60. The molecule has 0 spiro atoms. The number of nitrogens with zero attached hydrogens (tertiary/aromatic N) is 3. The summed E-state index contributed by atoms with van der Waals surface area (Å²) in [5, 5.41) is 6.89. The third kappa shape index (κ3) is 3.23. The van der Waals surface area contributed by atoms with Crippen LogP contribution in [0.1, 0.15) is 5.82 Å². The zero-order chi connectivity index (χ0) is 13.1. The minimum absolute atomic E-state index is 0.578. The van der Waals surface area contributed by atoms with Crippen molar-refractivity contribution >= 4 is 39.0 Å². The van der Waals surface area contributed by atoms with E-state index in [-0.39, 0.29) is 0 Å². The van der Waals surface area contributed by atoms with Crippen LogP contribution in [0.3, 0.4) is 0 Å². The highest BCUT2D eigenvalue weighted by Gasteiger charge is 2.09. The lowest BCUT2D eigenvalue weighted by molar-refractivity contribution is 0.426. The fourth-order valence-electron chi connectivity index (χ4n) is 1.40. The van der Waals surface area contributed by atoms with Crippen molar-refractivity contribution in [2.45, 2.75) is 10.8 Å². The molecule has 0 saturated carbocycles. The lowest BCUT2D eigenvalue weighted by Gasteiger charge is -1.96. The van der Waals surface area contributed by atoms with E-state index in [4.69, 9.17) is 4.52 Å². The van der Waals surface area contributed by atoms with Gasteiger partial charge >= 0.3 is 0 Å². The van der Waals surface area contributed by atoms with E-state index in [9.17, 15) is 0 Å². The molecule has 0 aliphatic heterocycles. The molecule has 4 nitrogen and oxygen atoms in total. The van der Waals surface area contributed by atoms with Gasteiger partial charge in [0, 0.05) is 10.7 Å². The number of pyridine rings is 1. The van der Waals surface area contributed by atoms with Crippen molar-refractivity contribution in [1.29, 1.82) is 0 Å². The first-order valence-electron chi connectivity index (χ1n) is 5.42. The van der Waals surface area contributed by atoms with E-state index in [1.807, 2.05) is 29.6 Å². The van der Waals surface area contributed by atoms with Crippen molar-refractivity contribution in [1.82, 2.24) is 15.1 Å². The Morgan fingerprint density at radius 1 is 1.32 bits per heavy atom. The lowest BCUT2D eigenvalue weighted by atomic mass is 10.5. The summed E-state index contributed by atoms with van der Waals surface area (Å²) in [7, 11) is 0. The van der Waals surface area contributed by atoms with Crippen molar-refractivity contribution in [2.24, 2.45) is 0 Å². The Bertz CT molecular complexity index is 652. The summed E-state index contributed by atoms with van der Waals surface area (Å²) in [6, 6.07) is 7.84. The van der Waals surface area contributed by atoms with Crippen molar-refractivity contribution in [3.8, 4) is 10.8 Å². The lowest BCUT2D eigenvalue weighted by Crippen LogP contribution is -1.85. The number of halogens is 1. The van der Waals surface area contributed by atoms with Crippen LogP contribution >= 0.6 is 39.0 Å². The molecule has 7 heteroatoms. The van der Waals surface area contributed by atoms with E-state index in [1.54, 1.807) is 29.3 Å². The van der Waals surface area contributed by atoms with Gasteiger partial charge in [0.15, 0.2) is 5.82 Å². The van der Waals surface area contributed by atoms with E-state index in [0.717, 1.165) is 14.4 Å². The van der Waals surface area contributed by atoms with E-state index >= 15 is 0 Å². The van der Waals surface area contributed by atoms with Gasteiger partial charge in [0.2, 0.25) is 0 Å². The van der Waals surface area contributed by atoms with Crippen LogP contribution in [0.2, 0.25) is 0 Å². The first-order valence-corrected chi connectivity index (χ1v) is 8.08. The molecule has 0 amide bonds. The van der Waals surface area contributed by atoms with Gasteiger partial charge in [-0.15, -0.1) is 11.3 Å². The Hall–Kier alpha value is -1.18. The predicted molar refractivity (Wildman–Crippen MR) is 79.1 cm³/mol. The molecule has 0 N–H and O–H groups in total. The Labute approximate surface area is 126 Å². The molecule has 0 bridgehead atoms. The van der Waals surface area contributed by atoms with Gasteiger partial charge in [-0.3, -0.25) is 0 Å². The molecule has 0 aromatic carbocycles. The van der Waals surface area contributed by atoms with Gasteiger partial charge in [0.25, 0.3) is 5.89 Å². The van der Waals surface area contributed by atoms with Crippen LogP contribution in [0.4, 0.5) is 0 Å². The second-order valence-corrected chi connectivity index (χ2v) is 6.46. The fraction of sp³-hybridized carbons (Fsp3) is 0.0833. The van der Waals surface area contributed by atoms with Crippen LogP contribution < -0.4 is 0 Å². The zero-order valence-electron chi connectivity index (χ0n) is 9.62. The normalized spacial score (nSPS) is 10.8. The molecule has 0 saturated heterocycles. The quantitative estimate of drug-likeness (QED) is 0.656. The van der Waals surface area contributed by atoms with Crippen molar-refractivity contribution in [2.75, 3.05) is 0 Å². The van der Waals surface area contributed by atoms with E-state index in [2.05, 4.69) is 31.1 Å². The Morgan fingerprint density at radius 3 is 3.00 bits per heavy atom. The molecule has 3 rings (SSSR count). The summed E-state index contributed by atoms with van der Waals surface area (Å²) in [6.45, 7) is 0. The average Bonchev–Trinajstić information content (AvgIpc) is 3.09. The summed E-state index contributed by atoms with van der Waals surface area (Å²) in [5.74, 6) is 1.90. The summed E-state index contributed by atoms with van der Waals surface area (Å²) >= 11 is 6.52. The van der Waals surface area contributed by atoms with E-state index in [0.29, 0.717) is 17.5 Å². The highest BCUT2D eigenvalue weighted by molar-refractivity contribution is 9.10. The summed E-state index contributed by atoms with van der Waals surface area (Å²) in [4.78, 5) is 9.63. The van der Waals surface area contributed by atoms with Crippen LogP contribution in [0, 0.1) is 0 Å². The first-order chi connectivity index (χ1) is 9.31. The molecule has 0 aliphatic rings. The maximum atomic E-state index is 5.22. The molecular formula is C12H8BrN3OS2. The van der Waals surface area contributed by atoms with Crippen LogP contribution in [-0.2, 0) is 5.75 Å². The van der Waals surface area contributed by atoms with E-state index < -0.39 is 0 Å². The smallest absolute Gasteiger partial charge is 0.268 e. The number of hydrogen-bond acceptors (Lipinski definition) is 6. The summed E-state index contributed by atoms with van der Waals surface area (Å²) in [5.41, 5.74) is 0. The van der Waals surface area contributed by atoms with Gasteiger partial charge in [-0.25, -0.2) is 4.98 Å². The fourth-order valence-corrected chi connectivity index (χ4v) is 2.96. The summed E-state index contributed by atoms with van der Waals surface area (Å²) in [6.07, 6.45) is 1.77. The molecule has 0 radical (unpaired) electrons. The number of thioether (sulfide) groups is 1. The SMILES string of the molecule is Brc1ccc(SCc2noc(-c3cccs3)n2)nc1. The van der Waals surface area contributed by atoms with Crippen LogP contribution in [0.15, 0.2) is 49.9 Å². The van der Waals surface area contributed by atoms with Crippen LogP contribution in [0.25, 0.3) is 10.8 Å². The predicted octanol–water partition coefficient (Wildman–Crippen LogP) is 4.25. The van der Waals surface area contributed by atoms with Gasteiger partial charge in [-0.1, -0.05) is 23.0 Å². The molecule has 0 aliphatic carbocycles. The average molecular weight is 354 g/mol. The van der Waals surface area contributed by atoms with E-state index in [1.165, 1.54) is 0 Å². The number of rotatable bonds is 4. The minimum atomic E-state index is 0.578. The largest absolute Gasteiger partial charge is 0.333 e. The van der Waals surface area contributed by atoms with Gasteiger partial charge in [-0.05, 0) is 39.5 Å². The number of aromatic nitrogens is 3. The number of thiophene rings is 1. The molecule has 3 aromatic heterocycles. The van der Waals surface area contributed by atoms with Crippen molar-refractivity contribution < 1.29 is 4.52 Å². The minimum Gasteiger partial charge on any atom is -0.333 e. The van der Waals surface area contributed by atoms with Crippen molar-refractivity contribution in [3.63, 3.8) is 0 Å². The standard InChI is InChI=1S/C12H8BrN3OS2/c13-8-3-4-11(14-6-8)19-7-10-15-12(17-16-10)9-2-1-5-18-9/h1-6H,7H2. The zero-order valence-corrected chi connectivity index (χ0v) is 12.8. The Morgan fingerprint density at radius 2 is 2.26 bits per heavy atom. The topological polar surface area (TPSA) is 51.8 Å². The third-order valence-electron chi connectivity index (χ3n) is 2.25. The molecule has 96 valence electrons. The van der Waals surface area contributed by atoms with Gasteiger partial charge in [0.05, 0.1) is 15.7 Å². The molecular weight excluding hydrogens is 346 g/mol. The third-order valence-corrected chi connectivity index (χ3v) is 4.52. The molecule has 3 heterocycles. The molecule has 19 heavy (non-hydrogen) atoms. The highest BCUT2D eigenvalue weighted by atomic mass is 79.9. The maximum absolute atomic E-state index is 5.22. The molecule has 0 atom stereocenters. The highest BCUT2D eigenvalue weighted by Crippen LogP contribution is 2.25. The Kier molecular flexibility index (Phi) is 3.95.